The van der Waals surface area contributed by atoms with Gasteiger partial charge in [-0.25, -0.2) is 20.0 Å². The fourth-order valence-electron chi connectivity index (χ4n) is 1.84. The van der Waals surface area contributed by atoms with Crippen LogP contribution in [0.5, 0.6) is 17.2 Å². The minimum atomic E-state index is -3.50. The van der Waals surface area contributed by atoms with E-state index in [0.29, 0.717) is 5.56 Å². The molecule has 0 fully saturated rings. The number of ether oxygens (including phenoxy) is 1. The highest BCUT2D eigenvalue weighted by Gasteiger charge is 2.26. The Morgan fingerprint density at radius 3 is 2.71 bits per heavy atom. The summed E-state index contributed by atoms with van der Waals surface area (Å²) in [5, 5.41) is 9.85. The number of aromatic nitrogens is 2. The van der Waals surface area contributed by atoms with Crippen molar-refractivity contribution < 1.29 is 23.6 Å². The van der Waals surface area contributed by atoms with Crippen LogP contribution in [0.3, 0.4) is 0 Å². The summed E-state index contributed by atoms with van der Waals surface area (Å²) in [6, 6.07) is 4.72. The largest absolute Gasteiger partial charge is 0.504 e. The normalized spacial score (nSPS) is 13.2. The maximum absolute atomic E-state index is 12.7. The molecule has 1 aromatic heterocycles. The Morgan fingerprint density at radius 2 is 2.08 bits per heavy atom. The van der Waals surface area contributed by atoms with Crippen molar-refractivity contribution in [3.05, 3.63) is 35.7 Å². The molecule has 0 bridgehead atoms. The second-order valence-electron chi connectivity index (χ2n) is 5.02. The zero-order valence-electron chi connectivity index (χ0n) is 13.9. The second kappa shape index (κ2) is 7.51. The summed E-state index contributed by atoms with van der Waals surface area (Å²) >= 11 is 0. The Bertz CT molecular complexity index is 769. The molecule has 1 aromatic carbocycles. The molecule has 1 unspecified atom stereocenters. The minimum Gasteiger partial charge on any atom is -0.504 e. The van der Waals surface area contributed by atoms with Crippen molar-refractivity contribution in [3.63, 3.8) is 0 Å². The first-order valence-electron chi connectivity index (χ1n) is 7.27. The van der Waals surface area contributed by atoms with Crippen molar-refractivity contribution in [2.75, 3.05) is 18.8 Å². The molecule has 0 amide bonds. The number of anilines is 1. The number of methoxy groups -OCH3 is 1. The molecule has 9 heteroatoms. The summed E-state index contributed by atoms with van der Waals surface area (Å²) in [7, 11) is -2.07. The van der Waals surface area contributed by atoms with Gasteiger partial charge in [-0.15, -0.1) is 0 Å². The fraction of sp³-hybridized carbons (Fsp3) is 0.333. The van der Waals surface area contributed by atoms with E-state index >= 15 is 0 Å². The standard InChI is InChI=1S/C15H20N3O5P/c1-5-24(20,23-18-15-16-7-6-11(3)17-15)22-12-8-10(2)14(19)13(9-12)21-4/h6-9,19H,5H2,1-4H3,(H,16,17,18). The average Bonchev–Trinajstić information content (AvgIpc) is 2.56. The lowest BCUT2D eigenvalue weighted by Crippen LogP contribution is -2.08. The minimum absolute atomic E-state index is 0.00313. The van der Waals surface area contributed by atoms with Crippen LogP contribution in [0, 0.1) is 13.8 Å². The van der Waals surface area contributed by atoms with Gasteiger partial charge in [0, 0.05) is 18.0 Å². The molecule has 0 radical (unpaired) electrons. The SMILES string of the molecule is CCP(=O)(ONc1nccc(C)n1)Oc1cc(C)c(O)c(OC)c1. The Labute approximate surface area is 140 Å². The lowest BCUT2D eigenvalue weighted by molar-refractivity contribution is 0.314. The highest BCUT2D eigenvalue weighted by Crippen LogP contribution is 2.49. The molecule has 0 spiro atoms. The molecule has 2 aromatic rings. The van der Waals surface area contributed by atoms with Crippen molar-refractivity contribution in [2.24, 2.45) is 0 Å². The van der Waals surface area contributed by atoms with Crippen LogP contribution >= 0.6 is 7.60 Å². The first-order valence-corrected chi connectivity index (χ1v) is 9.00. The Hall–Kier alpha value is -2.31. The van der Waals surface area contributed by atoms with E-state index < -0.39 is 7.60 Å². The van der Waals surface area contributed by atoms with Crippen molar-refractivity contribution in [1.82, 2.24) is 9.97 Å². The number of hydrogen-bond donors (Lipinski definition) is 2. The van der Waals surface area contributed by atoms with E-state index in [1.165, 1.54) is 13.2 Å². The van der Waals surface area contributed by atoms with Gasteiger partial charge in [0.05, 0.1) is 13.3 Å². The number of benzene rings is 1. The number of phenols is 1. The number of nitrogens with one attached hydrogen (secondary N) is 1. The van der Waals surface area contributed by atoms with Gasteiger partial charge < -0.3 is 14.4 Å². The van der Waals surface area contributed by atoms with Crippen LogP contribution in [0.1, 0.15) is 18.2 Å². The third-order valence-corrected chi connectivity index (χ3v) is 4.79. The molecule has 0 aliphatic heterocycles. The third kappa shape index (κ3) is 4.37. The molecule has 0 aliphatic rings. The predicted octanol–water partition coefficient (Wildman–Crippen LogP) is 3.44. The van der Waals surface area contributed by atoms with Gasteiger partial charge in [-0.3, -0.25) is 0 Å². The Kier molecular flexibility index (Phi) is 5.64. The van der Waals surface area contributed by atoms with Crippen LogP contribution in [0.25, 0.3) is 0 Å². The van der Waals surface area contributed by atoms with E-state index in [1.54, 1.807) is 39.1 Å². The van der Waals surface area contributed by atoms with Crippen LogP contribution in [-0.4, -0.2) is 28.3 Å². The van der Waals surface area contributed by atoms with Gasteiger partial charge in [0.1, 0.15) is 5.75 Å². The predicted molar refractivity (Wildman–Crippen MR) is 89.6 cm³/mol. The topological polar surface area (TPSA) is 103 Å². The molecule has 2 rings (SSSR count). The molecule has 130 valence electrons. The van der Waals surface area contributed by atoms with E-state index in [2.05, 4.69) is 15.4 Å². The number of aromatic hydroxyl groups is 1. The van der Waals surface area contributed by atoms with Crippen LogP contribution < -0.4 is 14.7 Å². The van der Waals surface area contributed by atoms with E-state index in [-0.39, 0.29) is 29.4 Å². The summed E-state index contributed by atoms with van der Waals surface area (Å²) < 4.78 is 28.5. The summed E-state index contributed by atoms with van der Waals surface area (Å²) in [5.41, 5.74) is 3.73. The number of hydrogen-bond acceptors (Lipinski definition) is 8. The highest BCUT2D eigenvalue weighted by molar-refractivity contribution is 7.54. The van der Waals surface area contributed by atoms with Crippen molar-refractivity contribution >= 4 is 13.5 Å². The highest BCUT2D eigenvalue weighted by atomic mass is 31.2. The van der Waals surface area contributed by atoms with Gasteiger partial charge >= 0.3 is 7.60 Å². The van der Waals surface area contributed by atoms with Gasteiger partial charge in [-0.05, 0) is 31.5 Å². The van der Waals surface area contributed by atoms with Crippen LogP contribution in [0.2, 0.25) is 0 Å². The van der Waals surface area contributed by atoms with E-state index in [4.69, 9.17) is 13.9 Å². The Balaban J connectivity index is 2.15. The molecule has 2 N–H and O–H groups in total. The number of nitrogens with zero attached hydrogens (tertiary/aromatic N) is 2. The van der Waals surface area contributed by atoms with Crippen molar-refractivity contribution in [3.8, 4) is 17.2 Å². The quantitative estimate of drug-likeness (QED) is 0.576. The number of aryl methyl sites for hydroxylation is 2. The van der Waals surface area contributed by atoms with Crippen LogP contribution in [0.15, 0.2) is 24.4 Å². The number of phenolic OH excluding ortho intramolecular Hbond substituents is 1. The molecule has 24 heavy (non-hydrogen) atoms. The molecular weight excluding hydrogens is 333 g/mol. The molecule has 1 atom stereocenters. The lowest BCUT2D eigenvalue weighted by atomic mass is 10.2. The zero-order valence-corrected chi connectivity index (χ0v) is 14.8. The maximum atomic E-state index is 12.7. The molecular formula is C15H20N3O5P. The monoisotopic (exact) mass is 353 g/mol. The smallest absolute Gasteiger partial charge is 0.400 e. The first-order chi connectivity index (χ1) is 11.4. The van der Waals surface area contributed by atoms with Gasteiger partial charge in [-0.2, -0.15) is 4.62 Å². The second-order valence-corrected chi connectivity index (χ2v) is 7.24. The molecule has 8 nitrogen and oxygen atoms in total. The van der Waals surface area contributed by atoms with E-state index in [9.17, 15) is 9.67 Å². The van der Waals surface area contributed by atoms with Crippen LogP contribution in [0.4, 0.5) is 5.95 Å². The zero-order chi connectivity index (χ0) is 17.7. The van der Waals surface area contributed by atoms with Gasteiger partial charge in [0.25, 0.3) is 0 Å². The van der Waals surface area contributed by atoms with Crippen molar-refractivity contribution in [1.29, 1.82) is 0 Å². The van der Waals surface area contributed by atoms with Crippen LogP contribution in [-0.2, 0) is 9.19 Å². The molecule has 0 aliphatic carbocycles. The molecule has 0 saturated carbocycles. The lowest BCUT2D eigenvalue weighted by Gasteiger charge is -2.18. The third-order valence-electron chi connectivity index (χ3n) is 3.16. The Morgan fingerprint density at radius 1 is 1.33 bits per heavy atom. The maximum Gasteiger partial charge on any atom is 0.400 e. The van der Waals surface area contributed by atoms with Gasteiger partial charge in [0.15, 0.2) is 11.5 Å². The van der Waals surface area contributed by atoms with E-state index in [1.807, 2.05) is 0 Å². The van der Waals surface area contributed by atoms with E-state index in [0.717, 1.165) is 5.69 Å². The fourth-order valence-corrected chi connectivity index (χ4v) is 2.78. The number of rotatable bonds is 7. The summed E-state index contributed by atoms with van der Waals surface area (Å²) in [4.78, 5) is 8.05. The van der Waals surface area contributed by atoms with Gasteiger partial charge in [-0.1, -0.05) is 6.92 Å². The first kappa shape index (κ1) is 18.0. The summed E-state index contributed by atoms with van der Waals surface area (Å²) in [6.07, 6.45) is 1.67. The van der Waals surface area contributed by atoms with Gasteiger partial charge in [0.2, 0.25) is 5.95 Å². The summed E-state index contributed by atoms with van der Waals surface area (Å²) in [5.74, 6) is 0.678. The average molecular weight is 353 g/mol. The molecule has 1 heterocycles. The van der Waals surface area contributed by atoms with Crippen molar-refractivity contribution in [2.45, 2.75) is 20.8 Å². The molecule has 0 saturated heterocycles. The summed E-state index contributed by atoms with van der Waals surface area (Å²) in [6.45, 7) is 5.15.